The van der Waals surface area contributed by atoms with Crippen molar-refractivity contribution >= 4 is 11.6 Å². The third kappa shape index (κ3) is 7.75. The Morgan fingerprint density at radius 2 is 1.67 bits per heavy atom. The number of hydrogen-bond acceptors (Lipinski definition) is 2. The van der Waals surface area contributed by atoms with Gasteiger partial charge in [0.25, 0.3) is 0 Å². The van der Waals surface area contributed by atoms with Gasteiger partial charge in [0.2, 0.25) is 0 Å². The van der Waals surface area contributed by atoms with E-state index in [-0.39, 0.29) is 0 Å². The van der Waals surface area contributed by atoms with Gasteiger partial charge < -0.3 is 0 Å². The van der Waals surface area contributed by atoms with E-state index in [2.05, 4.69) is 66.4 Å². The van der Waals surface area contributed by atoms with Crippen LogP contribution in [0.1, 0.15) is 55.7 Å². The molecule has 27 heavy (non-hydrogen) atoms. The number of aryl methyl sites for hydroxylation is 1. The van der Waals surface area contributed by atoms with Gasteiger partial charge in [0.15, 0.2) is 0 Å². The lowest BCUT2D eigenvalue weighted by molar-refractivity contribution is 0.262. The first-order valence-corrected chi connectivity index (χ1v) is 10.4. The summed E-state index contributed by atoms with van der Waals surface area (Å²) >= 11 is 6.14. The molecule has 2 nitrogen and oxygen atoms in total. The van der Waals surface area contributed by atoms with Gasteiger partial charge in [-0.05, 0) is 55.5 Å². The maximum Gasteiger partial charge on any atom is 0.0587 e. The molecule has 1 saturated carbocycles. The van der Waals surface area contributed by atoms with Crippen molar-refractivity contribution in [3.05, 3.63) is 71.3 Å². The smallest absolute Gasteiger partial charge is 0.0587 e. The molecule has 2 aromatic carbocycles. The molecular formula is C24H31ClN2. The third-order valence-corrected chi connectivity index (χ3v) is 5.33. The van der Waals surface area contributed by atoms with E-state index in [1.54, 1.807) is 6.07 Å². The molecule has 0 aromatic heterocycles. The zero-order valence-electron chi connectivity index (χ0n) is 16.6. The maximum atomic E-state index is 7.32. The molecule has 0 heterocycles. The fraction of sp³-hybridized carbons (Fsp3) is 0.458. The molecule has 1 aliphatic rings. The highest BCUT2D eigenvalue weighted by molar-refractivity contribution is 6.23. The second kappa shape index (κ2) is 11.8. The van der Waals surface area contributed by atoms with Crippen molar-refractivity contribution in [2.45, 2.75) is 57.4 Å². The van der Waals surface area contributed by atoms with Crippen molar-refractivity contribution in [3.8, 4) is 6.07 Å². The van der Waals surface area contributed by atoms with Crippen molar-refractivity contribution in [2.24, 2.45) is 0 Å². The average molecular weight is 383 g/mol. The van der Waals surface area contributed by atoms with Crippen molar-refractivity contribution in [3.63, 3.8) is 0 Å². The van der Waals surface area contributed by atoms with E-state index in [1.807, 2.05) is 0 Å². The molecular weight excluding hydrogens is 352 g/mol. The second-order valence-electron chi connectivity index (χ2n) is 7.19. The Morgan fingerprint density at radius 3 is 2.22 bits per heavy atom. The molecule has 0 bridgehead atoms. The molecule has 2 aromatic rings. The van der Waals surface area contributed by atoms with Crippen LogP contribution in [-0.4, -0.2) is 23.4 Å². The second-order valence-corrected chi connectivity index (χ2v) is 7.75. The van der Waals surface area contributed by atoms with Gasteiger partial charge in [0.05, 0.1) is 6.07 Å². The number of nitrogens with zero attached hydrogens (tertiary/aromatic N) is 2. The number of alkyl halides is 1. The van der Waals surface area contributed by atoms with E-state index in [1.165, 1.54) is 43.0 Å². The number of benzene rings is 2. The summed E-state index contributed by atoms with van der Waals surface area (Å²) < 4.78 is 0. The lowest BCUT2D eigenvalue weighted by Gasteiger charge is -2.21. The monoisotopic (exact) mass is 382 g/mol. The summed E-state index contributed by atoms with van der Waals surface area (Å²) in [5, 5.41) is 7.69. The van der Waals surface area contributed by atoms with Gasteiger partial charge in [-0.25, -0.2) is 0 Å². The molecule has 3 heteroatoms. The molecule has 0 spiro atoms. The normalized spacial score (nSPS) is 17.7. The number of nitriles is 1. The van der Waals surface area contributed by atoms with Crippen LogP contribution in [0.3, 0.4) is 0 Å². The Balaban J connectivity index is 0.000000817. The van der Waals surface area contributed by atoms with Gasteiger partial charge in [-0.15, -0.1) is 11.6 Å². The topological polar surface area (TPSA) is 27.0 Å². The quantitative estimate of drug-likeness (QED) is 0.486. The number of rotatable bonds is 9. The summed E-state index contributed by atoms with van der Waals surface area (Å²) in [6.07, 6.45) is 4.73. The standard InChI is InChI=1S/C22H28ClN.C2H3N/c1-2-14-24(17-19-7-4-3-5-8-19)15-6-9-18-10-12-20(13-11-18)21-16-22(21)23;1-2-3/h3-5,7-8,10-13,21-22H,2,6,9,14-17H2,1H3;1H3. The van der Waals surface area contributed by atoms with Crippen LogP contribution in [0, 0.1) is 11.3 Å². The Labute approximate surface area is 169 Å². The minimum absolute atomic E-state index is 0.372. The van der Waals surface area contributed by atoms with Crippen LogP contribution in [0.25, 0.3) is 0 Å². The summed E-state index contributed by atoms with van der Waals surface area (Å²) in [4.78, 5) is 2.58. The van der Waals surface area contributed by atoms with Crippen molar-refractivity contribution < 1.29 is 0 Å². The van der Waals surface area contributed by atoms with Crippen LogP contribution in [0.15, 0.2) is 54.6 Å². The zero-order valence-corrected chi connectivity index (χ0v) is 17.3. The predicted molar refractivity (Wildman–Crippen MR) is 115 cm³/mol. The van der Waals surface area contributed by atoms with Crippen LogP contribution in [0.2, 0.25) is 0 Å². The Bertz CT molecular complexity index is 691. The summed E-state index contributed by atoms with van der Waals surface area (Å²) in [6.45, 7) is 7.09. The van der Waals surface area contributed by atoms with Crippen molar-refractivity contribution in [2.75, 3.05) is 13.1 Å². The molecule has 2 atom stereocenters. The fourth-order valence-corrected chi connectivity index (χ4v) is 3.71. The highest BCUT2D eigenvalue weighted by Crippen LogP contribution is 2.45. The van der Waals surface area contributed by atoms with Crippen LogP contribution in [0.5, 0.6) is 0 Å². The Hall–Kier alpha value is -1.82. The highest BCUT2D eigenvalue weighted by atomic mass is 35.5. The average Bonchev–Trinajstić information content (AvgIpc) is 3.41. The van der Waals surface area contributed by atoms with E-state index in [0.717, 1.165) is 25.9 Å². The van der Waals surface area contributed by atoms with Crippen molar-refractivity contribution in [1.29, 1.82) is 5.26 Å². The summed E-state index contributed by atoms with van der Waals surface area (Å²) in [7, 11) is 0. The minimum Gasteiger partial charge on any atom is -0.299 e. The Kier molecular flexibility index (Phi) is 9.39. The lowest BCUT2D eigenvalue weighted by Crippen LogP contribution is -2.25. The molecule has 3 rings (SSSR count). The summed E-state index contributed by atoms with van der Waals surface area (Å²) in [5.74, 6) is 0.603. The first-order chi connectivity index (χ1) is 13.2. The van der Waals surface area contributed by atoms with Gasteiger partial charge in [-0.3, -0.25) is 4.90 Å². The Morgan fingerprint density at radius 1 is 1.04 bits per heavy atom. The van der Waals surface area contributed by atoms with Gasteiger partial charge >= 0.3 is 0 Å². The van der Waals surface area contributed by atoms with E-state index >= 15 is 0 Å². The zero-order chi connectivity index (χ0) is 19.5. The number of hydrogen-bond donors (Lipinski definition) is 0. The van der Waals surface area contributed by atoms with Crippen LogP contribution < -0.4 is 0 Å². The van der Waals surface area contributed by atoms with Crippen LogP contribution in [-0.2, 0) is 13.0 Å². The molecule has 0 saturated heterocycles. The predicted octanol–water partition coefficient (Wildman–Crippen LogP) is 6.16. The van der Waals surface area contributed by atoms with Gasteiger partial charge in [0, 0.05) is 24.8 Å². The first kappa shape index (κ1) is 21.5. The van der Waals surface area contributed by atoms with E-state index in [0.29, 0.717) is 11.3 Å². The van der Waals surface area contributed by atoms with Crippen LogP contribution >= 0.6 is 11.6 Å². The molecule has 0 N–H and O–H groups in total. The summed E-state index contributed by atoms with van der Waals surface area (Å²) in [6, 6.07) is 21.7. The molecule has 0 radical (unpaired) electrons. The van der Waals surface area contributed by atoms with Gasteiger partial charge in [0.1, 0.15) is 0 Å². The van der Waals surface area contributed by atoms with Crippen LogP contribution in [0.4, 0.5) is 0 Å². The minimum atomic E-state index is 0.372. The molecule has 2 unspecified atom stereocenters. The maximum absolute atomic E-state index is 7.32. The third-order valence-electron chi connectivity index (χ3n) is 4.85. The highest BCUT2D eigenvalue weighted by Gasteiger charge is 2.36. The molecule has 1 fully saturated rings. The SMILES string of the molecule is CC#N.CCCN(CCCc1ccc(C2CC2Cl)cc1)Cc1ccccc1. The summed E-state index contributed by atoms with van der Waals surface area (Å²) in [5.41, 5.74) is 4.27. The molecule has 144 valence electrons. The van der Waals surface area contributed by atoms with Gasteiger partial charge in [-0.1, -0.05) is 61.5 Å². The largest absolute Gasteiger partial charge is 0.299 e. The number of halogens is 1. The fourth-order valence-electron chi connectivity index (χ4n) is 3.37. The molecule has 0 amide bonds. The molecule has 0 aliphatic heterocycles. The molecule has 1 aliphatic carbocycles. The first-order valence-electron chi connectivity index (χ1n) is 9.98. The van der Waals surface area contributed by atoms with E-state index < -0.39 is 0 Å². The van der Waals surface area contributed by atoms with E-state index in [9.17, 15) is 0 Å². The van der Waals surface area contributed by atoms with Gasteiger partial charge in [-0.2, -0.15) is 5.26 Å². The lowest BCUT2D eigenvalue weighted by atomic mass is 10.0. The van der Waals surface area contributed by atoms with E-state index in [4.69, 9.17) is 16.9 Å². The van der Waals surface area contributed by atoms with Crippen molar-refractivity contribution in [1.82, 2.24) is 4.90 Å².